The van der Waals surface area contributed by atoms with Crippen molar-refractivity contribution < 1.29 is 33.4 Å². The molecule has 284 valence electrons. The number of hydrogen-bond acceptors (Lipinski definition) is 9. The number of aromatic nitrogens is 1. The number of amides is 3. The summed E-state index contributed by atoms with van der Waals surface area (Å²) in [5, 5.41) is 17.4. The molecule has 3 amide bonds. The second-order valence-corrected chi connectivity index (χ2v) is 15.3. The van der Waals surface area contributed by atoms with Gasteiger partial charge in [0.1, 0.15) is 17.2 Å². The topological polar surface area (TPSA) is 169 Å². The van der Waals surface area contributed by atoms with E-state index >= 15 is 0 Å². The molecule has 1 saturated heterocycles. The van der Waals surface area contributed by atoms with Crippen molar-refractivity contribution in [2.45, 2.75) is 127 Å². The van der Waals surface area contributed by atoms with E-state index in [0.717, 1.165) is 18.4 Å². The number of unbranched alkanes of at least 4 members (excludes halogenated alkanes) is 1. The van der Waals surface area contributed by atoms with Gasteiger partial charge in [0.15, 0.2) is 11.7 Å². The van der Waals surface area contributed by atoms with Gasteiger partial charge in [-0.25, -0.2) is 9.78 Å². The van der Waals surface area contributed by atoms with Crippen LogP contribution in [-0.4, -0.2) is 82.4 Å². The van der Waals surface area contributed by atoms with Crippen LogP contribution in [0.2, 0.25) is 0 Å². The number of para-hydroxylation sites is 2. The van der Waals surface area contributed by atoms with Gasteiger partial charge in [0.25, 0.3) is 0 Å². The Morgan fingerprint density at radius 2 is 1.75 bits per heavy atom. The van der Waals surface area contributed by atoms with Gasteiger partial charge in [-0.15, -0.1) is 0 Å². The minimum absolute atomic E-state index is 0.0920. The number of likely N-dealkylation sites (tertiary alicyclic amines) is 1. The molecule has 2 fully saturated rings. The van der Waals surface area contributed by atoms with Gasteiger partial charge in [0.2, 0.25) is 17.7 Å². The summed E-state index contributed by atoms with van der Waals surface area (Å²) in [5.41, 5.74) is 8.10. The number of rotatable bonds is 16. The monoisotopic (exact) mass is 719 g/mol. The summed E-state index contributed by atoms with van der Waals surface area (Å²) < 4.78 is 17.6. The number of aliphatic hydroxyl groups excluding tert-OH is 1. The minimum atomic E-state index is -1.26. The molecule has 2 heterocycles. The SMILES string of the molecule is CC(C)(C)OC(=O)NCCCC[C@H](NC(=O)[C@@H]1C[C@@H](OCC2CCCCC2)CN1C(=O)[C@H](N)CCc1ccccc1)C(O)c1nc2ccccc2o1. The van der Waals surface area contributed by atoms with Gasteiger partial charge >= 0.3 is 6.09 Å². The van der Waals surface area contributed by atoms with Crippen LogP contribution in [0.25, 0.3) is 11.1 Å². The van der Waals surface area contributed by atoms with Crippen LogP contribution < -0.4 is 16.4 Å². The average molecular weight is 720 g/mol. The smallest absolute Gasteiger partial charge is 0.407 e. The number of carbonyl (C=O) groups is 3. The molecular formula is C40H57N5O7. The third-order valence-electron chi connectivity index (χ3n) is 9.93. The zero-order valence-corrected chi connectivity index (χ0v) is 30.9. The van der Waals surface area contributed by atoms with E-state index in [4.69, 9.17) is 19.6 Å². The van der Waals surface area contributed by atoms with Crippen LogP contribution in [-0.2, 0) is 25.5 Å². The first-order chi connectivity index (χ1) is 25.0. The molecule has 5 atom stereocenters. The van der Waals surface area contributed by atoms with E-state index < -0.39 is 35.9 Å². The highest BCUT2D eigenvalue weighted by Gasteiger charge is 2.43. The van der Waals surface area contributed by atoms with Gasteiger partial charge in [-0.2, -0.15) is 0 Å². The van der Waals surface area contributed by atoms with Crippen LogP contribution in [0, 0.1) is 5.92 Å². The third kappa shape index (κ3) is 11.5. The van der Waals surface area contributed by atoms with E-state index in [9.17, 15) is 19.5 Å². The molecule has 1 aliphatic heterocycles. The van der Waals surface area contributed by atoms with Crippen molar-refractivity contribution in [1.29, 1.82) is 0 Å². The van der Waals surface area contributed by atoms with Crippen molar-refractivity contribution >= 4 is 29.0 Å². The lowest BCUT2D eigenvalue weighted by Crippen LogP contribution is -2.53. The largest absolute Gasteiger partial charge is 0.444 e. The van der Waals surface area contributed by atoms with Crippen LogP contribution in [0.5, 0.6) is 0 Å². The fraction of sp³-hybridized carbons (Fsp3) is 0.600. The molecule has 3 aromatic rings. The third-order valence-corrected chi connectivity index (χ3v) is 9.93. The van der Waals surface area contributed by atoms with Crippen molar-refractivity contribution in [2.75, 3.05) is 19.7 Å². The molecule has 2 aromatic carbocycles. The number of aryl methyl sites for hydroxylation is 1. The van der Waals surface area contributed by atoms with Crippen LogP contribution in [0.3, 0.4) is 0 Å². The summed E-state index contributed by atoms with van der Waals surface area (Å²) in [7, 11) is 0. The number of nitrogens with zero attached hydrogens (tertiary/aromatic N) is 2. The number of nitrogens with one attached hydrogen (secondary N) is 2. The number of aliphatic hydroxyl groups is 1. The summed E-state index contributed by atoms with van der Waals surface area (Å²) in [6.07, 6.45) is 6.76. The summed E-state index contributed by atoms with van der Waals surface area (Å²) >= 11 is 0. The second kappa shape index (κ2) is 18.7. The van der Waals surface area contributed by atoms with Crippen molar-refractivity contribution in [3.05, 3.63) is 66.1 Å². The number of alkyl carbamates (subject to hydrolysis) is 1. The lowest BCUT2D eigenvalue weighted by Gasteiger charge is -2.29. The van der Waals surface area contributed by atoms with Gasteiger partial charge in [0, 0.05) is 26.1 Å². The molecule has 12 heteroatoms. The Hall–Kier alpha value is -4.00. The molecule has 2 aliphatic rings. The minimum Gasteiger partial charge on any atom is -0.444 e. The summed E-state index contributed by atoms with van der Waals surface area (Å²) in [4.78, 5) is 46.3. The molecule has 0 bridgehead atoms. The number of nitrogens with two attached hydrogens (primary N) is 1. The normalized spacial score (nSPS) is 20.0. The van der Waals surface area contributed by atoms with Crippen molar-refractivity contribution in [1.82, 2.24) is 20.5 Å². The first kappa shape index (κ1) is 39.2. The van der Waals surface area contributed by atoms with Gasteiger partial charge in [0.05, 0.1) is 18.2 Å². The molecule has 1 aromatic heterocycles. The molecule has 0 spiro atoms. The summed E-state index contributed by atoms with van der Waals surface area (Å²) in [5.74, 6) is -0.0996. The zero-order chi connectivity index (χ0) is 37.1. The Morgan fingerprint density at radius 1 is 1.02 bits per heavy atom. The fourth-order valence-corrected chi connectivity index (χ4v) is 7.11. The standard InChI is InChI=1S/C40H57N5O7/c1-40(2,3)52-39(49)42-23-13-12-19-32(35(46)37-44-31-18-10-11-20-34(31)51-37)43-36(47)33-24-29(50-26-28-16-8-5-9-17-28)25-45(33)38(48)30(41)22-21-27-14-6-4-7-15-27/h4,6-7,10-11,14-15,18,20,28-30,32-33,35,46H,5,8-9,12-13,16-17,19,21-26,41H2,1-3H3,(H,42,49)(H,43,47)/t29-,30-,32+,33+,35?/m1/s1. The van der Waals surface area contributed by atoms with E-state index in [1.165, 1.54) is 19.3 Å². The van der Waals surface area contributed by atoms with Crippen molar-refractivity contribution in [3.63, 3.8) is 0 Å². The molecule has 1 saturated carbocycles. The van der Waals surface area contributed by atoms with Crippen LogP contribution in [0.1, 0.15) is 103 Å². The number of oxazole rings is 1. The lowest BCUT2D eigenvalue weighted by atomic mass is 9.90. The first-order valence-corrected chi connectivity index (χ1v) is 19.0. The molecule has 5 N–H and O–H groups in total. The van der Waals surface area contributed by atoms with Gasteiger partial charge in [-0.3, -0.25) is 9.59 Å². The van der Waals surface area contributed by atoms with Gasteiger partial charge in [-0.05, 0) is 89.3 Å². The van der Waals surface area contributed by atoms with Crippen LogP contribution >= 0.6 is 0 Å². The maximum atomic E-state index is 14.2. The molecule has 52 heavy (non-hydrogen) atoms. The molecule has 1 unspecified atom stereocenters. The van der Waals surface area contributed by atoms with Gasteiger partial charge in [-0.1, -0.05) is 61.7 Å². The molecule has 1 aliphatic carbocycles. The highest BCUT2D eigenvalue weighted by molar-refractivity contribution is 5.90. The van der Waals surface area contributed by atoms with E-state index in [2.05, 4.69) is 15.6 Å². The quantitative estimate of drug-likeness (QED) is 0.138. The van der Waals surface area contributed by atoms with E-state index in [1.807, 2.05) is 42.5 Å². The maximum Gasteiger partial charge on any atom is 0.407 e. The van der Waals surface area contributed by atoms with Crippen LogP contribution in [0.4, 0.5) is 4.79 Å². The Bertz CT molecular complexity index is 1550. The maximum absolute atomic E-state index is 14.2. The number of hydrogen-bond donors (Lipinski definition) is 4. The predicted molar refractivity (Wildman–Crippen MR) is 198 cm³/mol. The second-order valence-electron chi connectivity index (χ2n) is 15.3. The average Bonchev–Trinajstić information content (AvgIpc) is 3.77. The van der Waals surface area contributed by atoms with Gasteiger partial charge < -0.3 is 40.3 Å². The summed E-state index contributed by atoms with van der Waals surface area (Å²) in [6, 6.07) is 14.7. The predicted octanol–water partition coefficient (Wildman–Crippen LogP) is 5.57. The molecule has 12 nitrogen and oxygen atoms in total. The molecule has 5 rings (SSSR count). The van der Waals surface area contributed by atoms with Crippen molar-refractivity contribution in [3.8, 4) is 0 Å². The summed E-state index contributed by atoms with van der Waals surface area (Å²) in [6.45, 7) is 6.65. The van der Waals surface area contributed by atoms with Crippen LogP contribution in [0.15, 0.2) is 59.0 Å². The van der Waals surface area contributed by atoms with E-state index in [1.54, 1.807) is 37.8 Å². The highest BCUT2D eigenvalue weighted by Crippen LogP contribution is 2.29. The Morgan fingerprint density at radius 3 is 2.48 bits per heavy atom. The lowest BCUT2D eigenvalue weighted by molar-refractivity contribution is -0.140. The first-order valence-electron chi connectivity index (χ1n) is 19.0. The number of ether oxygens (including phenoxy) is 2. The van der Waals surface area contributed by atoms with Crippen molar-refractivity contribution in [2.24, 2.45) is 11.7 Å². The van der Waals surface area contributed by atoms with E-state index in [0.29, 0.717) is 68.7 Å². The Labute approximate surface area is 307 Å². The Kier molecular flexibility index (Phi) is 14.1. The fourth-order valence-electron chi connectivity index (χ4n) is 7.11. The number of benzene rings is 2. The number of fused-ring (bicyclic) bond motifs is 1. The number of carbonyl (C=O) groups excluding carboxylic acids is 3. The Balaban J connectivity index is 1.28. The zero-order valence-electron chi connectivity index (χ0n) is 30.9. The molecule has 0 radical (unpaired) electrons. The molecular weight excluding hydrogens is 662 g/mol. The highest BCUT2D eigenvalue weighted by atomic mass is 16.6. The van der Waals surface area contributed by atoms with E-state index in [-0.39, 0.29) is 30.4 Å².